The van der Waals surface area contributed by atoms with Crippen LogP contribution in [-0.2, 0) is 7.05 Å². The van der Waals surface area contributed by atoms with Gasteiger partial charge >= 0.3 is 0 Å². The summed E-state index contributed by atoms with van der Waals surface area (Å²) in [5.74, 6) is 4.88. The van der Waals surface area contributed by atoms with Gasteiger partial charge in [-0.3, -0.25) is 4.68 Å². The number of likely N-dealkylation sites (tertiary alicyclic amines) is 1. The Labute approximate surface area is 178 Å². The molecule has 6 atom stereocenters. The van der Waals surface area contributed by atoms with Crippen LogP contribution in [0.15, 0.2) is 30.5 Å². The second-order valence-electron chi connectivity index (χ2n) is 10.0. The minimum absolute atomic E-state index is 0.285. The molecule has 158 valence electrons. The molecule has 4 aliphatic rings. The van der Waals surface area contributed by atoms with Crippen molar-refractivity contribution < 1.29 is 4.74 Å². The van der Waals surface area contributed by atoms with Gasteiger partial charge in [0.25, 0.3) is 0 Å². The topological polar surface area (TPSA) is 56.1 Å². The number of rotatable bonds is 5. The predicted molar refractivity (Wildman–Crippen MR) is 115 cm³/mol. The van der Waals surface area contributed by atoms with E-state index in [1.165, 1.54) is 32.5 Å². The Balaban J connectivity index is 1.02. The van der Waals surface area contributed by atoms with Crippen LogP contribution in [0.3, 0.4) is 0 Å². The molecule has 2 saturated carbocycles. The van der Waals surface area contributed by atoms with Gasteiger partial charge in [-0.2, -0.15) is 5.10 Å². The number of allylic oxidation sites excluding steroid dienone is 2. The quantitative estimate of drug-likeness (QED) is 0.713. The van der Waals surface area contributed by atoms with E-state index in [1.54, 1.807) is 0 Å². The highest BCUT2D eigenvalue weighted by Crippen LogP contribution is 2.45. The van der Waals surface area contributed by atoms with Gasteiger partial charge in [0.2, 0.25) is 5.88 Å². The first-order chi connectivity index (χ1) is 14.6. The Morgan fingerprint density at radius 2 is 1.87 bits per heavy atom. The Morgan fingerprint density at radius 1 is 1.03 bits per heavy atom. The zero-order valence-corrected chi connectivity index (χ0v) is 17.9. The van der Waals surface area contributed by atoms with Crippen LogP contribution in [0.25, 0.3) is 11.3 Å². The number of ether oxygens (including phenoxy) is 1. The normalized spacial score (nSPS) is 34.7. The summed E-state index contributed by atoms with van der Waals surface area (Å²) in [6.07, 6.45) is 12.4. The van der Waals surface area contributed by atoms with Gasteiger partial charge in [0.05, 0.1) is 11.4 Å². The summed E-state index contributed by atoms with van der Waals surface area (Å²) in [5.41, 5.74) is 2.84. The molecule has 1 saturated heterocycles. The lowest BCUT2D eigenvalue weighted by atomic mass is 9.93. The molecule has 0 N–H and O–H groups in total. The lowest BCUT2D eigenvalue weighted by molar-refractivity contribution is 0.170. The first kappa shape index (κ1) is 18.6. The van der Waals surface area contributed by atoms with Gasteiger partial charge in [-0.1, -0.05) is 12.2 Å². The second kappa shape index (κ2) is 7.19. The van der Waals surface area contributed by atoms with Crippen LogP contribution in [-0.4, -0.2) is 50.6 Å². The van der Waals surface area contributed by atoms with Crippen molar-refractivity contribution in [2.75, 3.05) is 19.6 Å². The fraction of sp³-hybridized carbons (Fsp3) is 0.625. The fourth-order valence-corrected chi connectivity index (χ4v) is 6.57. The second-order valence-corrected chi connectivity index (χ2v) is 10.0. The molecule has 6 rings (SSSR count). The molecule has 2 aromatic heterocycles. The minimum Gasteiger partial charge on any atom is -0.473 e. The summed E-state index contributed by atoms with van der Waals surface area (Å²) in [7, 11) is 1.92. The van der Waals surface area contributed by atoms with Gasteiger partial charge in [0, 0.05) is 44.5 Å². The van der Waals surface area contributed by atoms with Gasteiger partial charge in [-0.05, 0) is 68.3 Å². The number of hydrogen-bond donors (Lipinski definition) is 0. The largest absolute Gasteiger partial charge is 0.473 e. The molecule has 3 unspecified atom stereocenters. The number of fused-ring (bicyclic) bond motifs is 3. The Kier molecular flexibility index (Phi) is 4.44. The van der Waals surface area contributed by atoms with E-state index < -0.39 is 0 Å². The number of hydrogen-bond acceptors (Lipinski definition) is 5. The molecule has 6 heteroatoms. The van der Waals surface area contributed by atoms with Crippen LogP contribution in [0.4, 0.5) is 0 Å². The van der Waals surface area contributed by atoms with Crippen LogP contribution in [0, 0.1) is 36.5 Å². The molecule has 3 heterocycles. The molecule has 30 heavy (non-hydrogen) atoms. The molecule has 0 amide bonds. The van der Waals surface area contributed by atoms with E-state index >= 15 is 0 Å². The lowest BCUT2D eigenvalue weighted by Gasteiger charge is -2.26. The van der Waals surface area contributed by atoms with E-state index in [9.17, 15) is 0 Å². The summed E-state index contributed by atoms with van der Waals surface area (Å²) in [5, 5.41) is 13.1. The third-order valence-corrected chi connectivity index (χ3v) is 7.91. The number of aromatic nitrogens is 4. The van der Waals surface area contributed by atoms with Crippen molar-refractivity contribution in [3.8, 4) is 17.1 Å². The summed E-state index contributed by atoms with van der Waals surface area (Å²) in [6.45, 7) is 5.82. The van der Waals surface area contributed by atoms with E-state index in [-0.39, 0.29) is 6.10 Å². The van der Waals surface area contributed by atoms with E-state index in [0.29, 0.717) is 5.88 Å². The zero-order valence-electron chi connectivity index (χ0n) is 17.9. The maximum atomic E-state index is 6.22. The van der Waals surface area contributed by atoms with Crippen molar-refractivity contribution >= 4 is 0 Å². The summed E-state index contributed by atoms with van der Waals surface area (Å²) >= 11 is 0. The molecule has 2 aromatic rings. The molecule has 0 radical (unpaired) electrons. The maximum absolute atomic E-state index is 6.22. The maximum Gasteiger partial charge on any atom is 0.233 e. The van der Waals surface area contributed by atoms with Crippen molar-refractivity contribution in [3.63, 3.8) is 0 Å². The average molecular weight is 406 g/mol. The zero-order chi connectivity index (χ0) is 20.2. The molecule has 3 aliphatic carbocycles. The standard InChI is InChI=1S/C24H31N5O/c1-15-22(14-28(2)27-15)23-5-6-24(26-25-23)30-21-9-19-12-29(13-20(19)10-21)11-18-8-16-3-4-17(18)7-16/h3-6,14,16-21H,7-13H2,1-2H3/t16?,17?,18?,19-,20+,21+. The third kappa shape index (κ3) is 3.35. The molecule has 0 spiro atoms. The van der Waals surface area contributed by atoms with E-state index in [2.05, 4.69) is 32.3 Å². The van der Waals surface area contributed by atoms with Crippen LogP contribution >= 0.6 is 0 Å². The summed E-state index contributed by atoms with van der Waals surface area (Å²) in [6, 6.07) is 3.95. The first-order valence-electron chi connectivity index (χ1n) is 11.5. The summed E-state index contributed by atoms with van der Waals surface area (Å²) in [4.78, 5) is 2.75. The minimum atomic E-state index is 0.285. The average Bonchev–Trinajstić information content (AvgIpc) is 3.51. The lowest BCUT2D eigenvalue weighted by Crippen LogP contribution is -2.31. The monoisotopic (exact) mass is 405 g/mol. The van der Waals surface area contributed by atoms with Crippen molar-refractivity contribution in [1.29, 1.82) is 0 Å². The van der Waals surface area contributed by atoms with Crippen LogP contribution < -0.4 is 4.74 Å². The molecule has 2 bridgehead atoms. The van der Waals surface area contributed by atoms with Crippen LogP contribution in [0.2, 0.25) is 0 Å². The van der Waals surface area contributed by atoms with E-state index in [4.69, 9.17) is 4.74 Å². The number of aryl methyl sites for hydroxylation is 2. The van der Waals surface area contributed by atoms with Gasteiger partial charge in [-0.25, -0.2) is 0 Å². The highest BCUT2D eigenvalue weighted by Gasteiger charge is 2.44. The first-order valence-corrected chi connectivity index (χ1v) is 11.5. The third-order valence-electron chi connectivity index (χ3n) is 7.91. The van der Waals surface area contributed by atoms with Crippen molar-refractivity contribution in [1.82, 2.24) is 24.9 Å². The summed E-state index contributed by atoms with van der Waals surface area (Å²) < 4.78 is 8.04. The Morgan fingerprint density at radius 3 is 2.47 bits per heavy atom. The Bertz CT molecular complexity index is 937. The van der Waals surface area contributed by atoms with Gasteiger partial charge in [-0.15, -0.1) is 10.2 Å². The fourth-order valence-electron chi connectivity index (χ4n) is 6.57. The SMILES string of the molecule is Cc1nn(C)cc1-c1ccc(O[C@H]2C[C@@H]3CN(CC4CC5C=CC4C5)C[C@@H]3C2)nn1. The van der Waals surface area contributed by atoms with Crippen LogP contribution in [0.5, 0.6) is 5.88 Å². The smallest absolute Gasteiger partial charge is 0.233 e. The van der Waals surface area contributed by atoms with Gasteiger partial charge in [0.1, 0.15) is 6.10 Å². The molecule has 3 fully saturated rings. The van der Waals surface area contributed by atoms with Crippen LogP contribution in [0.1, 0.15) is 31.4 Å². The molecular formula is C24H31N5O. The van der Waals surface area contributed by atoms with Gasteiger partial charge in [0.15, 0.2) is 0 Å². The van der Waals surface area contributed by atoms with E-state index in [0.717, 1.165) is 59.4 Å². The molecular weight excluding hydrogens is 374 g/mol. The number of nitrogens with zero attached hydrogens (tertiary/aromatic N) is 5. The van der Waals surface area contributed by atoms with Crippen molar-refractivity contribution in [2.24, 2.45) is 36.6 Å². The van der Waals surface area contributed by atoms with E-state index in [1.807, 2.05) is 37.0 Å². The predicted octanol–water partition coefficient (Wildman–Crippen LogP) is 3.49. The molecule has 0 aromatic carbocycles. The highest BCUT2D eigenvalue weighted by atomic mass is 16.5. The van der Waals surface area contributed by atoms with Crippen molar-refractivity contribution in [3.05, 3.63) is 36.2 Å². The molecule has 1 aliphatic heterocycles. The van der Waals surface area contributed by atoms with Crippen molar-refractivity contribution in [2.45, 2.75) is 38.7 Å². The Hall–Kier alpha value is -2.21. The highest BCUT2D eigenvalue weighted by molar-refractivity contribution is 5.60. The molecule has 6 nitrogen and oxygen atoms in total. The van der Waals surface area contributed by atoms with Gasteiger partial charge < -0.3 is 9.64 Å².